The first-order valence-electron chi connectivity index (χ1n) is 7.51. The lowest BCUT2D eigenvalue weighted by Gasteiger charge is -2.03. The van der Waals surface area contributed by atoms with Gasteiger partial charge in [-0.25, -0.2) is 4.98 Å². The van der Waals surface area contributed by atoms with Crippen LogP contribution in [0.4, 0.5) is 5.69 Å². The Balaban J connectivity index is 1.80. The number of rotatable bonds is 2. The minimum atomic E-state index is -0.296. The predicted octanol–water partition coefficient (Wildman–Crippen LogP) is 4.12. The van der Waals surface area contributed by atoms with Crippen LogP contribution in [0.25, 0.3) is 15.9 Å². The highest BCUT2D eigenvalue weighted by Crippen LogP contribution is 2.24. The molecule has 0 fully saturated rings. The van der Waals surface area contributed by atoms with Gasteiger partial charge in [0.1, 0.15) is 10.5 Å². The lowest BCUT2D eigenvalue weighted by atomic mass is 10.2. The number of hydrogen-bond donors (Lipinski definition) is 1. The third kappa shape index (κ3) is 2.79. The number of thiophene rings is 1. The molecule has 1 N–H and O–H groups in total. The van der Waals surface area contributed by atoms with E-state index in [1.54, 1.807) is 42.6 Å². The summed E-state index contributed by atoms with van der Waals surface area (Å²) >= 11 is 7.13. The van der Waals surface area contributed by atoms with Gasteiger partial charge in [0.15, 0.2) is 0 Å². The van der Waals surface area contributed by atoms with E-state index in [2.05, 4.69) is 10.3 Å². The van der Waals surface area contributed by atoms with Gasteiger partial charge in [0, 0.05) is 16.9 Å². The van der Waals surface area contributed by atoms with Gasteiger partial charge < -0.3 is 5.32 Å². The van der Waals surface area contributed by atoms with Gasteiger partial charge in [0.05, 0.1) is 10.3 Å². The molecule has 0 radical (unpaired) electrons. The molecule has 7 heteroatoms. The first-order chi connectivity index (χ1) is 12.0. The van der Waals surface area contributed by atoms with Crippen molar-refractivity contribution in [1.29, 1.82) is 0 Å². The van der Waals surface area contributed by atoms with Crippen LogP contribution < -0.4 is 10.9 Å². The van der Waals surface area contributed by atoms with E-state index in [-0.39, 0.29) is 11.5 Å². The molecule has 0 bridgehead atoms. The first kappa shape index (κ1) is 15.8. The summed E-state index contributed by atoms with van der Waals surface area (Å²) < 4.78 is 1.50. The van der Waals surface area contributed by atoms with Crippen LogP contribution in [0, 0.1) is 6.92 Å². The van der Waals surface area contributed by atoms with Crippen molar-refractivity contribution in [3.05, 3.63) is 74.5 Å². The Hall–Kier alpha value is -2.70. The summed E-state index contributed by atoms with van der Waals surface area (Å²) in [4.78, 5) is 30.7. The Bertz CT molecular complexity index is 1200. The average molecular weight is 370 g/mol. The molecule has 0 spiro atoms. The molecule has 124 valence electrons. The average Bonchev–Trinajstić information content (AvgIpc) is 3.01. The Morgan fingerprint density at radius 1 is 1.24 bits per heavy atom. The third-order valence-electron chi connectivity index (χ3n) is 3.84. The van der Waals surface area contributed by atoms with E-state index >= 15 is 0 Å². The van der Waals surface area contributed by atoms with Crippen molar-refractivity contribution >= 4 is 50.4 Å². The maximum atomic E-state index is 12.7. The van der Waals surface area contributed by atoms with Gasteiger partial charge >= 0.3 is 0 Å². The van der Waals surface area contributed by atoms with E-state index in [4.69, 9.17) is 11.6 Å². The number of fused-ring (bicyclic) bond motifs is 2. The summed E-state index contributed by atoms with van der Waals surface area (Å²) in [6, 6.07) is 12.2. The van der Waals surface area contributed by atoms with Gasteiger partial charge in [-0.1, -0.05) is 23.7 Å². The number of halogens is 1. The molecule has 0 aliphatic heterocycles. The molecular formula is C18H12ClN3O2S. The van der Waals surface area contributed by atoms with Crippen molar-refractivity contribution in [1.82, 2.24) is 9.38 Å². The molecule has 1 aromatic carbocycles. The maximum absolute atomic E-state index is 12.7. The molecule has 0 saturated heterocycles. The maximum Gasteiger partial charge on any atom is 0.266 e. The summed E-state index contributed by atoms with van der Waals surface area (Å²) in [5.74, 6) is -0.296. The summed E-state index contributed by atoms with van der Waals surface area (Å²) in [5, 5.41) is 3.76. The minimum Gasteiger partial charge on any atom is -0.321 e. The molecule has 25 heavy (non-hydrogen) atoms. The molecule has 0 aliphatic carbocycles. The lowest BCUT2D eigenvalue weighted by Crippen LogP contribution is -2.14. The number of nitrogens with zero attached hydrogens (tertiary/aromatic N) is 2. The van der Waals surface area contributed by atoms with Crippen LogP contribution in [0.5, 0.6) is 0 Å². The Labute approximate surface area is 151 Å². The molecule has 0 aliphatic rings. The fourth-order valence-corrected chi connectivity index (χ4v) is 3.74. The molecule has 0 saturated carbocycles. The molecular weight excluding hydrogens is 358 g/mol. The number of aromatic nitrogens is 2. The van der Waals surface area contributed by atoms with Crippen molar-refractivity contribution in [2.24, 2.45) is 0 Å². The number of carbonyl (C=O) groups is 1. The summed E-state index contributed by atoms with van der Waals surface area (Å²) in [5.41, 5.74) is 1.92. The predicted molar refractivity (Wildman–Crippen MR) is 101 cm³/mol. The van der Waals surface area contributed by atoms with Gasteiger partial charge in [-0.05, 0) is 42.8 Å². The Kier molecular flexibility index (Phi) is 3.78. The number of carbonyl (C=O) groups excluding carboxylic acids is 1. The molecule has 3 heterocycles. The molecule has 1 amide bonds. The van der Waals surface area contributed by atoms with Crippen molar-refractivity contribution in [2.75, 3.05) is 5.32 Å². The number of pyridine rings is 1. The largest absolute Gasteiger partial charge is 0.321 e. The lowest BCUT2D eigenvalue weighted by molar-refractivity contribution is 0.103. The van der Waals surface area contributed by atoms with Crippen molar-refractivity contribution in [2.45, 2.75) is 6.92 Å². The highest BCUT2D eigenvalue weighted by atomic mass is 35.5. The van der Waals surface area contributed by atoms with E-state index in [0.717, 1.165) is 5.56 Å². The fourth-order valence-electron chi connectivity index (χ4n) is 2.63. The zero-order valence-electron chi connectivity index (χ0n) is 13.1. The second-order valence-corrected chi connectivity index (χ2v) is 7.06. The van der Waals surface area contributed by atoms with Crippen LogP contribution in [0.1, 0.15) is 15.2 Å². The van der Waals surface area contributed by atoms with E-state index < -0.39 is 0 Å². The van der Waals surface area contributed by atoms with Crippen molar-refractivity contribution in [3.63, 3.8) is 0 Å². The molecule has 0 unspecified atom stereocenters. The van der Waals surface area contributed by atoms with Crippen LogP contribution in [0.2, 0.25) is 5.02 Å². The number of aryl methyl sites for hydroxylation is 1. The normalized spacial score (nSPS) is 11.1. The van der Waals surface area contributed by atoms with Crippen molar-refractivity contribution in [3.8, 4) is 0 Å². The van der Waals surface area contributed by atoms with Crippen LogP contribution in [-0.2, 0) is 0 Å². The zero-order valence-corrected chi connectivity index (χ0v) is 14.7. The number of nitrogens with one attached hydrogen (secondary N) is 1. The van der Waals surface area contributed by atoms with Crippen LogP contribution in [-0.4, -0.2) is 15.3 Å². The smallest absolute Gasteiger partial charge is 0.266 e. The third-order valence-corrected chi connectivity index (χ3v) is 5.10. The molecule has 4 aromatic rings. The van der Waals surface area contributed by atoms with Crippen LogP contribution in [0.3, 0.4) is 0 Å². The van der Waals surface area contributed by atoms with E-state index in [0.29, 0.717) is 31.5 Å². The molecule has 3 aromatic heterocycles. The Morgan fingerprint density at radius 3 is 2.88 bits per heavy atom. The number of amides is 1. The number of hydrogen-bond acceptors (Lipinski definition) is 4. The van der Waals surface area contributed by atoms with Gasteiger partial charge in [0.25, 0.3) is 11.5 Å². The second kappa shape index (κ2) is 5.98. The molecule has 4 rings (SSSR count). The standard InChI is InChI=1S/C18H12ClN3O2S/c1-10-4-3-7-22-15(10)21-17-13(18(22)24)9-14(25-17)16(23)20-12-6-2-5-11(19)8-12/h2-9H,1H3,(H,20,23). The highest BCUT2D eigenvalue weighted by molar-refractivity contribution is 7.20. The van der Waals surface area contributed by atoms with Crippen molar-refractivity contribution < 1.29 is 4.79 Å². The Morgan fingerprint density at radius 2 is 2.08 bits per heavy atom. The fraction of sp³-hybridized carbons (Fsp3) is 0.0556. The van der Waals surface area contributed by atoms with Crippen LogP contribution in [0.15, 0.2) is 53.5 Å². The van der Waals surface area contributed by atoms with Gasteiger partial charge in [-0.15, -0.1) is 11.3 Å². The van der Waals surface area contributed by atoms with E-state index in [9.17, 15) is 9.59 Å². The monoisotopic (exact) mass is 369 g/mol. The minimum absolute atomic E-state index is 0.179. The summed E-state index contributed by atoms with van der Waals surface area (Å²) in [6.45, 7) is 1.90. The summed E-state index contributed by atoms with van der Waals surface area (Å²) in [6.07, 6.45) is 1.68. The number of anilines is 1. The van der Waals surface area contributed by atoms with Crippen LogP contribution >= 0.6 is 22.9 Å². The molecule has 0 atom stereocenters. The van der Waals surface area contributed by atoms with Gasteiger partial charge in [-0.3, -0.25) is 14.0 Å². The van der Waals surface area contributed by atoms with E-state index in [1.165, 1.54) is 15.7 Å². The number of benzene rings is 1. The van der Waals surface area contributed by atoms with E-state index in [1.807, 2.05) is 13.0 Å². The van der Waals surface area contributed by atoms with Gasteiger partial charge in [0.2, 0.25) is 0 Å². The quantitative estimate of drug-likeness (QED) is 0.578. The summed E-state index contributed by atoms with van der Waals surface area (Å²) in [7, 11) is 0. The highest BCUT2D eigenvalue weighted by Gasteiger charge is 2.15. The zero-order chi connectivity index (χ0) is 17.6. The topological polar surface area (TPSA) is 63.5 Å². The first-order valence-corrected chi connectivity index (χ1v) is 8.71. The molecule has 5 nitrogen and oxygen atoms in total. The second-order valence-electron chi connectivity index (χ2n) is 5.60. The SMILES string of the molecule is Cc1cccn2c(=O)c3cc(C(=O)Nc4cccc(Cl)c4)sc3nc12. The van der Waals surface area contributed by atoms with Gasteiger partial charge in [-0.2, -0.15) is 0 Å².